The van der Waals surface area contributed by atoms with E-state index in [4.69, 9.17) is 19.7 Å². The van der Waals surface area contributed by atoms with Gasteiger partial charge in [-0.15, -0.1) is 11.3 Å². The number of ether oxygens (including phenoxy) is 1. The monoisotopic (exact) mass is 452 g/mol. The zero-order valence-corrected chi connectivity index (χ0v) is 18.6. The molecule has 2 saturated heterocycles. The van der Waals surface area contributed by atoms with Crippen LogP contribution in [0.25, 0.3) is 32.6 Å². The molecule has 6 rings (SSSR count). The molecule has 0 spiro atoms. The number of hydrogen-bond acceptors (Lipinski definition) is 7. The van der Waals surface area contributed by atoms with E-state index < -0.39 is 0 Å². The van der Waals surface area contributed by atoms with Crippen LogP contribution in [0, 0.1) is 5.82 Å². The summed E-state index contributed by atoms with van der Waals surface area (Å²) in [6.07, 6.45) is 5.61. The highest BCUT2D eigenvalue weighted by atomic mass is 32.1. The number of aromatic nitrogens is 4. The molecule has 5 heterocycles. The fraction of sp³-hybridized carbons (Fsp3) is 0.435. The van der Waals surface area contributed by atoms with Crippen LogP contribution in [0.4, 0.5) is 10.2 Å². The molecule has 0 atom stereocenters. The van der Waals surface area contributed by atoms with Crippen molar-refractivity contribution < 1.29 is 9.13 Å². The Bertz CT molecular complexity index is 1260. The lowest BCUT2D eigenvalue weighted by atomic mass is 10.1. The number of benzene rings is 1. The minimum Gasteiger partial charge on any atom is -0.378 e. The van der Waals surface area contributed by atoms with Crippen LogP contribution in [0.2, 0.25) is 0 Å². The highest BCUT2D eigenvalue weighted by Gasteiger charge is 2.24. The zero-order chi connectivity index (χ0) is 21.5. The van der Waals surface area contributed by atoms with Gasteiger partial charge in [0, 0.05) is 30.2 Å². The molecular formula is C23H25FN6OS. The molecule has 32 heavy (non-hydrogen) atoms. The second-order valence-electron chi connectivity index (χ2n) is 8.43. The van der Waals surface area contributed by atoms with E-state index in [0.717, 1.165) is 59.2 Å². The summed E-state index contributed by atoms with van der Waals surface area (Å²) in [4.78, 5) is 22.4. The maximum absolute atomic E-state index is 15.0. The predicted octanol–water partition coefficient (Wildman–Crippen LogP) is 4.20. The number of anilines is 1. The number of aromatic amines is 1. The standard InChI is InChI=1S/C23H25FN6OS/c24-16-4-5-17-15(6-7-25-17)19(16)21-27-22-20(23(28-21)30-10-12-31-13-11-30)32-18(26-22)14-29-8-2-1-3-9-29/h4-7,25H,1-3,8-14H2. The van der Waals surface area contributed by atoms with Crippen LogP contribution in [0.5, 0.6) is 0 Å². The van der Waals surface area contributed by atoms with Crippen molar-refractivity contribution in [2.45, 2.75) is 25.8 Å². The molecular weight excluding hydrogens is 427 g/mol. The fourth-order valence-electron chi connectivity index (χ4n) is 4.66. The lowest BCUT2D eigenvalue weighted by Crippen LogP contribution is -2.36. The summed E-state index contributed by atoms with van der Waals surface area (Å²) >= 11 is 1.66. The molecule has 0 bridgehead atoms. The number of likely N-dealkylation sites (tertiary alicyclic amines) is 1. The third kappa shape index (κ3) is 3.64. The molecule has 7 nitrogen and oxygen atoms in total. The van der Waals surface area contributed by atoms with Gasteiger partial charge in [0.05, 0.1) is 25.3 Å². The van der Waals surface area contributed by atoms with Crippen molar-refractivity contribution >= 4 is 38.4 Å². The smallest absolute Gasteiger partial charge is 0.176 e. The van der Waals surface area contributed by atoms with Crippen molar-refractivity contribution in [1.82, 2.24) is 24.8 Å². The summed E-state index contributed by atoms with van der Waals surface area (Å²) in [6.45, 7) is 5.88. The van der Waals surface area contributed by atoms with Gasteiger partial charge in [-0.3, -0.25) is 4.90 Å². The highest BCUT2D eigenvalue weighted by molar-refractivity contribution is 7.19. The average molecular weight is 453 g/mol. The largest absolute Gasteiger partial charge is 0.378 e. The van der Waals surface area contributed by atoms with Crippen LogP contribution in [0.1, 0.15) is 24.3 Å². The third-order valence-electron chi connectivity index (χ3n) is 6.31. The first-order chi connectivity index (χ1) is 15.8. The number of hydrogen-bond donors (Lipinski definition) is 1. The Kier molecular flexibility index (Phi) is 5.24. The number of fused-ring (bicyclic) bond motifs is 2. The summed E-state index contributed by atoms with van der Waals surface area (Å²) in [5, 5.41) is 1.82. The zero-order valence-electron chi connectivity index (χ0n) is 17.8. The quantitative estimate of drug-likeness (QED) is 0.501. The number of halogens is 1. The molecule has 0 unspecified atom stereocenters. The van der Waals surface area contributed by atoms with E-state index >= 15 is 4.39 Å². The number of nitrogens with zero attached hydrogens (tertiary/aromatic N) is 5. The van der Waals surface area contributed by atoms with Gasteiger partial charge in [-0.2, -0.15) is 0 Å². The topological polar surface area (TPSA) is 70.2 Å². The molecule has 3 aromatic heterocycles. The predicted molar refractivity (Wildman–Crippen MR) is 125 cm³/mol. The molecule has 9 heteroatoms. The van der Waals surface area contributed by atoms with Gasteiger partial charge < -0.3 is 14.6 Å². The third-order valence-corrected chi connectivity index (χ3v) is 7.33. The van der Waals surface area contributed by atoms with Gasteiger partial charge in [0.1, 0.15) is 15.5 Å². The molecule has 4 aromatic rings. The Morgan fingerprint density at radius 3 is 2.69 bits per heavy atom. The van der Waals surface area contributed by atoms with Crippen molar-refractivity contribution in [1.29, 1.82) is 0 Å². The molecule has 0 aliphatic carbocycles. The van der Waals surface area contributed by atoms with Crippen LogP contribution in [0.15, 0.2) is 24.4 Å². The van der Waals surface area contributed by atoms with Gasteiger partial charge >= 0.3 is 0 Å². The fourth-order valence-corrected chi connectivity index (χ4v) is 5.73. The van der Waals surface area contributed by atoms with Gasteiger partial charge in [-0.1, -0.05) is 6.42 Å². The summed E-state index contributed by atoms with van der Waals surface area (Å²) in [6, 6.07) is 5.09. The van der Waals surface area contributed by atoms with Crippen molar-refractivity contribution in [2.75, 3.05) is 44.3 Å². The van der Waals surface area contributed by atoms with Crippen LogP contribution in [-0.4, -0.2) is 64.2 Å². The number of thiazole rings is 1. The van der Waals surface area contributed by atoms with Gasteiger partial charge in [0.2, 0.25) is 0 Å². The first-order valence-electron chi connectivity index (χ1n) is 11.2. The van der Waals surface area contributed by atoms with Gasteiger partial charge in [0.15, 0.2) is 17.3 Å². The summed E-state index contributed by atoms with van der Waals surface area (Å²) in [7, 11) is 0. The maximum atomic E-state index is 15.0. The molecule has 1 N–H and O–H groups in total. The Morgan fingerprint density at radius 2 is 1.84 bits per heavy atom. The summed E-state index contributed by atoms with van der Waals surface area (Å²) in [5.41, 5.74) is 1.94. The van der Waals surface area contributed by atoms with Crippen LogP contribution in [0.3, 0.4) is 0 Å². The van der Waals surface area contributed by atoms with Crippen LogP contribution >= 0.6 is 11.3 Å². The molecule has 1 aromatic carbocycles. The van der Waals surface area contributed by atoms with Gasteiger partial charge in [-0.05, 0) is 44.1 Å². The Hall–Kier alpha value is -2.62. The number of morpholine rings is 1. The van der Waals surface area contributed by atoms with E-state index in [1.165, 1.54) is 25.3 Å². The molecule has 2 aliphatic heterocycles. The molecule has 0 amide bonds. The number of rotatable bonds is 4. The SMILES string of the molecule is Fc1ccc2[nH]ccc2c1-c1nc(N2CCOCC2)c2sc(CN3CCCCC3)nc2n1. The minimum atomic E-state index is -0.326. The van der Waals surface area contributed by atoms with E-state index in [-0.39, 0.29) is 5.82 Å². The van der Waals surface area contributed by atoms with Gasteiger partial charge in [-0.25, -0.2) is 19.3 Å². The second-order valence-corrected chi connectivity index (χ2v) is 9.51. The van der Waals surface area contributed by atoms with Crippen molar-refractivity contribution in [3.8, 4) is 11.4 Å². The maximum Gasteiger partial charge on any atom is 0.176 e. The Morgan fingerprint density at radius 1 is 1.00 bits per heavy atom. The van der Waals surface area contributed by atoms with E-state index in [9.17, 15) is 0 Å². The van der Waals surface area contributed by atoms with Gasteiger partial charge in [0.25, 0.3) is 0 Å². The first-order valence-corrected chi connectivity index (χ1v) is 12.1. The van der Waals surface area contributed by atoms with Crippen molar-refractivity contribution in [2.24, 2.45) is 0 Å². The number of piperidine rings is 1. The van der Waals surface area contributed by atoms with E-state index in [0.29, 0.717) is 30.2 Å². The van der Waals surface area contributed by atoms with Crippen molar-refractivity contribution in [3.05, 3.63) is 35.2 Å². The van der Waals surface area contributed by atoms with E-state index in [1.807, 2.05) is 12.3 Å². The lowest BCUT2D eigenvalue weighted by Gasteiger charge is -2.28. The van der Waals surface area contributed by atoms with Crippen LogP contribution < -0.4 is 4.90 Å². The molecule has 166 valence electrons. The molecule has 2 fully saturated rings. The Labute approximate surface area is 189 Å². The number of nitrogens with one attached hydrogen (secondary N) is 1. The highest BCUT2D eigenvalue weighted by Crippen LogP contribution is 2.36. The summed E-state index contributed by atoms with van der Waals surface area (Å²) < 4.78 is 21.5. The van der Waals surface area contributed by atoms with E-state index in [1.54, 1.807) is 17.4 Å². The minimum absolute atomic E-state index is 0.326. The molecule has 0 radical (unpaired) electrons. The number of H-pyrrole nitrogens is 1. The van der Waals surface area contributed by atoms with Crippen molar-refractivity contribution in [3.63, 3.8) is 0 Å². The second kappa shape index (κ2) is 8.38. The lowest BCUT2D eigenvalue weighted by molar-refractivity contribution is 0.122. The summed E-state index contributed by atoms with van der Waals surface area (Å²) in [5.74, 6) is 0.896. The molecule has 2 aliphatic rings. The van der Waals surface area contributed by atoms with E-state index in [2.05, 4.69) is 14.8 Å². The first kappa shape index (κ1) is 20.0. The normalized spacial score (nSPS) is 18.1. The average Bonchev–Trinajstić information content (AvgIpc) is 3.46. The Balaban J connectivity index is 1.48. The van der Waals surface area contributed by atoms with Crippen LogP contribution in [-0.2, 0) is 11.3 Å². The molecule has 0 saturated carbocycles.